The van der Waals surface area contributed by atoms with E-state index < -0.39 is 0 Å². The first kappa shape index (κ1) is 11.2. The van der Waals surface area contributed by atoms with Crippen molar-refractivity contribution in [1.29, 1.82) is 0 Å². The zero-order valence-electron chi connectivity index (χ0n) is 6.47. The van der Waals surface area contributed by atoms with Crippen LogP contribution < -0.4 is 16.6 Å². The Kier molecular flexibility index (Phi) is 4.36. The summed E-state index contributed by atoms with van der Waals surface area (Å²) >= 11 is 10.5. The quantitative estimate of drug-likeness (QED) is 0.306. The van der Waals surface area contributed by atoms with Crippen molar-refractivity contribution in [1.82, 2.24) is 5.43 Å². The standard InChI is InChI=1S/C7H7BrIN3S/c8-5-2-1-4(3-6(5)9)11-7(13)12-10/h1-3H,10H2,(H2,11,12,13). The Hall–Kier alpha value is 0.0800. The maximum absolute atomic E-state index is 5.12. The average molecular weight is 372 g/mol. The second-order valence-electron chi connectivity index (χ2n) is 2.23. The van der Waals surface area contributed by atoms with Gasteiger partial charge in [-0.05, 0) is 68.9 Å². The maximum atomic E-state index is 5.12. The molecule has 70 valence electrons. The van der Waals surface area contributed by atoms with Gasteiger partial charge < -0.3 is 10.7 Å². The minimum atomic E-state index is 0.401. The molecule has 0 aliphatic carbocycles. The van der Waals surface area contributed by atoms with Crippen molar-refractivity contribution in [2.75, 3.05) is 5.32 Å². The van der Waals surface area contributed by atoms with Gasteiger partial charge in [-0.3, -0.25) is 0 Å². The molecule has 1 rings (SSSR count). The predicted octanol–water partition coefficient (Wildman–Crippen LogP) is 2.21. The van der Waals surface area contributed by atoms with Crippen LogP contribution in [0.1, 0.15) is 0 Å². The van der Waals surface area contributed by atoms with Gasteiger partial charge in [-0.2, -0.15) is 0 Å². The Labute approximate surface area is 104 Å². The van der Waals surface area contributed by atoms with E-state index in [1.54, 1.807) is 0 Å². The maximum Gasteiger partial charge on any atom is 0.185 e. The summed E-state index contributed by atoms with van der Waals surface area (Å²) in [6.45, 7) is 0. The monoisotopic (exact) mass is 371 g/mol. The molecule has 0 aliphatic rings. The third-order valence-corrected chi connectivity index (χ3v) is 3.85. The fraction of sp³-hybridized carbons (Fsp3) is 0. The number of rotatable bonds is 1. The number of anilines is 1. The predicted molar refractivity (Wildman–Crippen MR) is 70.4 cm³/mol. The van der Waals surface area contributed by atoms with E-state index in [-0.39, 0.29) is 0 Å². The fourth-order valence-corrected chi connectivity index (χ4v) is 1.62. The van der Waals surface area contributed by atoms with E-state index in [4.69, 9.17) is 18.1 Å². The highest BCUT2D eigenvalue weighted by molar-refractivity contribution is 14.1. The van der Waals surface area contributed by atoms with Crippen molar-refractivity contribution < 1.29 is 0 Å². The summed E-state index contributed by atoms with van der Waals surface area (Å²) in [5.74, 6) is 5.12. The van der Waals surface area contributed by atoms with Gasteiger partial charge in [0.15, 0.2) is 5.11 Å². The second-order valence-corrected chi connectivity index (χ2v) is 4.65. The van der Waals surface area contributed by atoms with Gasteiger partial charge in [0.1, 0.15) is 0 Å². The van der Waals surface area contributed by atoms with Crippen LogP contribution in [0.2, 0.25) is 0 Å². The Morgan fingerprint density at radius 3 is 2.77 bits per heavy atom. The normalized spacial score (nSPS) is 9.46. The third kappa shape index (κ3) is 3.37. The van der Waals surface area contributed by atoms with Crippen LogP contribution >= 0.6 is 50.7 Å². The molecule has 0 aromatic heterocycles. The number of hydrogen-bond acceptors (Lipinski definition) is 2. The molecule has 0 aliphatic heterocycles. The van der Waals surface area contributed by atoms with Crippen LogP contribution in [0.3, 0.4) is 0 Å². The number of nitrogens with two attached hydrogens (primary N) is 1. The first-order chi connectivity index (χ1) is 6.13. The largest absolute Gasteiger partial charge is 0.332 e. The zero-order valence-corrected chi connectivity index (χ0v) is 11.0. The molecule has 0 amide bonds. The van der Waals surface area contributed by atoms with Gasteiger partial charge >= 0.3 is 0 Å². The van der Waals surface area contributed by atoms with E-state index in [0.717, 1.165) is 13.7 Å². The molecule has 0 fully saturated rings. The highest BCUT2D eigenvalue weighted by Gasteiger charge is 1.99. The molecule has 1 aromatic carbocycles. The Morgan fingerprint density at radius 2 is 2.23 bits per heavy atom. The number of nitrogens with one attached hydrogen (secondary N) is 2. The van der Waals surface area contributed by atoms with Crippen LogP contribution in [0.15, 0.2) is 22.7 Å². The van der Waals surface area contributed by atoms with E-state index in [0.29, 0.717) is 5.11 Å². The van der Waals surface area contributed by atoms with E-state index in [1.165, 1.54) is 0 Å². The van der Waals surface area contributed by atoms with Crippen molar-refractivity contribution in [2.24, 2.45) is 5.84 Å². The summed E-state index contributed by atoms with van der Waals surface area (Å²) in [4.78, 5) is 0. The number of hydrazine groups is 1. The average Bonchev–Trinajstić information content (AvgIpc) is 2.11. The Balaban J connectivity index is 2.79. The van der Waals surface area contributed by atoms with Gasteiger partial charge in [-0.1, -0.05) is 0 Å². The van der Waals surface area contributed by atoms with Gasteiger partial charge in [0.2, 0.25) is 0 Å². The Bertz CT molecular complexity index is 332. The molecule has 6 heteroatoms. The summed E-state index contributed by atoms with van der Waals surface area (Å²) in [7, 11) is 0. The molecule has 0 bridgehead atoms. The summed E-state index contributed by atoms with van der Waals surface area (Å²) in [6.07, 6.45) is 0. The molecule has 3 nitrogen and oxygen atoms in total. The SMILES string of the molecule is NNC(=S)Nc1ccc(Br)c(I)c1. The van der Waals surface area contributed by atoms with Gasteiger partial charge in [0, 0.05) is 13.7 Å². The van der Waals surface area contributed by atoms with Gasteiger partial charge in [-0.15, -0.1) is 0 Å². The molecule has 0 radical (unpaired) electrons. The van der Waals surface area contributed by atoms with Gasteiger partial charge in [-0.25, -0.2) is 5.84 Å². The van der Waals surface area contributed by atoms with Crippen LogP contribution in [-0.2, 0) is 0 Å². The number of hydrogen-bond donors (Lipinski definition) is 3. The van der Waals surface area contributed by atoms with E-state index >= 15 is 0 Å². The van der Waals surface area contributed by atoms with E-state index in [2.05, 4.69) is 49.3 Å². The van der Waals surface area contributed by atoms with Crippen LogP contribution in [0.25, 0.3) is 0 Å². The van der Waals surface area contributed by atoms with Gasteiger partial charge in [0.05, 0.1) is 0 Å². The lowest BCUT2D eigenvalue weighted by atomic mass is 10.3. The second kappa shape index (κ2) is 5.08. The first-order valence-electron chi connectivity index (χ1n) is 3.36. The summed E-state index contributed by atoms with van der Waals surface area (Å²) in [6, 6.07) is 5.83. The number of halogens is 2. The van der Waals surface area contributed by atoms with Crippen LogP contribution in [-0.4, -0.2) is 5.11 Å². The summed E-state index contributed by atoms with van der Waals surface area (Å²) in [5, 5.41) is 3.33. The minimum absolute atomic E-state index is 0.401. The Morgan fingerprint density at radius 1 is 1.54 bits per heavy atom. The van der Waals surface area contributed by atoms with Crippen LogP contribution in [0, 0.1) is 3.57 Å². The van der Waals surface area contributed by atoms with Crippen molar-refractivity contribution >= 4 is 61.5 Å². The molecule has 13 heavy (non-hydrogen) atoms. The third-order valence-electron chi connectivity index (χ3n) is 1.31. The molecule has 0 saturated heterocycles. The van der Waals surface area contributed by atoms with Crippen LogP contribution in [0.4, 0.5) is 5.69 Å². The lowest BCUT2D eigenvalue weighted by Crippen LogP contribution is -2.34. The number of thiocarbonyl (C=S) groups is 1. The van der Waals surface area contributed by atoms with Gasteiger partial charge in [0.25, 0.3) is 0 Å². The molecule has 0 atom stereocenters. The van der Waals surface area contributed by atoms with Crippen LogP contribution in [0.5, 0.6) is 0 Å². The molecule has 0 heterocycles. The molecular weight excluding hydrogens is 365 g/mol. The van der Waals surface area contributed by atoms with E-state index in [9.17, 15) is 0 Å². The lowest BCUT2D eigenvalue weighted by molar-refractivity contribution is 1.04. The van der Waals surface area contributed by atoms with Crippen molar-refractivity contribution in [3.05, 3.63) is 26.2 Å². The summed E-state index contributed by atoms with van der Waals surface area (Å²) < 4.78 is 2.17. The lowest BCUT2D eigenvalue weighted by Gasteiger charge is -2.07. The molecule has 0 spiro atoms. The fourth-order valence-electron chi connectivity index (χ4n) is 0.741. The highest BCUT2D eigenvalue weighted by atomic mass is 127. The molecule has 0 saturated carbocycles. The zero-order chi connectivity index (χ0) is 9.84. The van der Waals surface area contributed by atoms with Crippen molar-refractivity contribution in [2.45, 2.75) is 0 Å². The number of benzene rings is 1. The van der Waals surface area contributed by atoms with Crippen molar-refractivity contribution in [3.8, 4) is 0 Å². The van der Waals surface area contributed by atoms with Crippen molar-refractivity contribution in [3.63, 3.8) is 0 Å². The molecule has 0 unspecified atom stereocenters. The molecular formula is C7H7BrIN3S. The topological polar surface area (TPSA) is 50.1 Å². The van der Waals surface area contributed by atoms with E-state index in [1.807, 2.05) is 18.2 Å². The smallest absolute Gasteiger partial charge is 0.185 e. The molecule has 1 aromatic rings. The minimum Gasteiger partial charge on any atom is -0.332 e. The molecule has 4 N–H and O–H groups in total. The first-order valence-corrected chi connectivity index (χ1v) is 5.64. The summed E-state index contributed by atoms with van der Waals surface area (Å²) in [5.41, 5.74) is 3.27. The highest BCUT2D eigenvalue weighted by Crippen LogP contribution is 2.22.